The zero-order valence-electron chi connectivity index (χ0n) is 13.8. The van der Waals surface area contributed by atoms with Crippen molar-refractivity contribution in [2.45, 2.75) is 39.0 Å². The number of carbonyl (C=O) groups excluding carboxylic acids is 1. The number of amides is 1. The molecule has 2 rings (SSSR count). The molecule has 1 aromatic rings. The maximum atomic E-state index is 12.0. The third-order valence-electron chi connectivity index (χ3n) is 3.92. The summed E-state index contributed by atoms with van der Waals surface area (Å²) in [6.07, 6.45) is 3.62. The number of rotatable bonds is 2. The molecule has 1 fully saturated rings. The summed E-state index contributed by atoms with van der Waals surface area (Å²) in [5.41, 5.74) is -0.0464. The first-order valence-electron chi connectivity index (χ1n) is 7.58. The second-order valence-corrected chi connectivity index (χ2v) is 6.98. The minimum atomic E-state index is -0.0464. The molecule has 21 heavy (non-hydrogen) atoms. The van der Waals surface area contributed by atoms with Gasteiger partial charge in [0.15, 0.2) is 0 Å². The molecular formula is C16H26N4O. The van der Waals surface area contributed by atoms with Gasteiger partial charge in [0.25, 0.3) is 0 Å². The molecule has 5 heteroatoms. The monoisotopic (exact) mass is 290 g/mol. The fourth-order valence-electron chi connectivity index (χ4n) is 2.61. The molecule has 0 bridgehead atoms. The number of hydrogen-bond donors (Lipinski definition) is 0. The Bertz CT molecular complexity index is 499. The van der Waals surface area contributed by atoms with Crippen LogP contribution in [0.25, 0.3) is 0 Å². The maximum Gasteiger partial charge on any atom is 0.225 e. The molecule has 2 heterocycles. The van der Waals surface area contributed by atoms with E-state index in [2.05, 4.69) is 30.7 Å². The van der Waals surface area contributed by atoms with E-state index in [1.807, 2.05) is 26.4 Å². The lowest BCUT2D eigenvalue weighted by Gasteiger charge is -2.33. The zero-order chi connectivity index (χ0) is 15.6. The van der Waals surface area contributed by atoms with E-state index in [0.717, 1.165) is 37.6 Å². The highest BCUT2D eigenvalue weighted by atomic mass is 16.2. The molecule has 1 aliphatic heterocycles. The Hall–Kier alpha value is -1.65. The van der Waals surface area contributed by atoms with Gasteiger partial charge in [-0.2, -0.15) is 0 Å². The number of anilines is 1. The molecule has 0 spiro atoms. The van der Waals surface area contributed by atoms with Crippen molar-refractivity contribution in [1.82, 2.24) is 14.9 Å². The Kier molecular flexibility index (Phi) is 4.49. The van der Waals surface area contributed by atoms with Gasteiger partial charge in [0, 0.05) is 44.7 Å². The van der Waals surface area contributed by atoms with Crippen LogP contribution in [0.5, 0.6) is 0 Å². The minimum Gasteiger partial charge on any atom is -0.356 e. The molecule has 1 saturated heterocycles. The van der Waals surface area contributed by atoms with Gasteiger partial charge < -0.3 is 9.80 Å². The van der Waals surface area contributed by atoms with Crippen molar-refractivity contribution in [2.75, 3.05) is 32.1 Å². The molecule has 0 radical (unpaired) electrons. The van der Waals surface area contributed by atoms with Crippen LogP contribution in [0.2, 0.25) is 0 Å². The van der Waals surface area contributed by atoms with Crippen LogP contribution in [0.15, 0.2) is 12.3 Å². The van der Waals surface area contributed by atoms with Crippen molar-refractivity contribution in [3.63, 3.8) is 0 Å². The van der Waals surface area contributed by atoms with Crippen LogP contribution in [-0.4, -0.2) is 48.0 Å². The van der Waals surface area contributed by atoms with E-state index in [1.165, 1.54) is 0 Å². The van der Waals surface area contributed by atoms with Crippen molar-refractivity contribution in [2.24, 2.45) is 5.92 Å². The van der Waals surface area contributed by atoms with Crippen molar-refractivity contribution in [1.29, 1.82) is 0 Å². The second kappa shape index (κ2) is 6.00. The van der Waals surface area contributed by atoms with Gasteiger partial charge in [-0.1, -0.05) is 20.8 Å². The molecule has 0 aromatic carbocycles. The summed E-state index contributed by atoms with van der Waals surface area (Å²) in [5.74, 6) is 2.24. The fraction of sp³-hybridized carbons (Fsp3) is 0.688. The highest BCUT2D eigenvalue weighted by Crippen LogP contribution is 2.25. The SMILES string of the molecule is CN(C)C(=O)C1CCN(c2ccnc(C(C)(C)C)n2)CC1. The Balaban J connectivity index is 2.04. The largest absolute Gasteiger partial charge is 0.356 e. The molecule has 0 unspecified atom stereocenters. The van der Waals surface area contributed by atoms with Crippen LogP contribution in [-0.2, 0) is 10.2 Å². The lowest BCUT2D eigenvalue weighted by molar-refractivity contribution is -0.133. The first-order chi connectivity index (χ1) is 9.79. The van der Waals surface area contributed by atoms with Gasteiger partial charge in [-0.15, -0.1) is 0 Å². The predicted molar refractivity (Wildman–Crippen MR) is 84.4 cm³/mol. The highest BCUT2D eigenvalue weighted by Gasteiger charge is 2.27. The van der Waals surface area contributed by atoms with Gasteiger partial charge in [-0.3, -0.25) is 4.79 Å². The Morgan fingerprint density at radius 3 is 2.43 bits per heavy atom. The van der Waals surface area contributed by atoms with E-state index in [1.54, 1.807) is 4.90 Å². The van der Waals surface area contributed by atoms with Crippen molar-refractivity contribution in [3.8, 4) is 0 Å². The first kappa shape index (κ1) is 15.7. The fourth-order valence-corrected chi connectivity index (χ4v) is 2.61. The lowest BCUT2D eigenvalue weighted by atomic mass is 9.95. The molecule has 0 saturated carbocycles. The lowest BCUT2D eigenvalue weighted by Crippen LogP contribution is -2.40. The molecule has 1 aliphatic rings. The Morgan fingerprint density at radius 2 is 1.90 bits per heavy atom. The number of carbonyl (C=O) groups is 1. The summed E-state index contributed by atoms with van der Waals surface area (Å²) >= 11 is 0. The van der Waals surface area contributed by atoms with Gasteiger partial charge >= 0.3 is 0 Å². The van der Waals surface area contributed by atoms with Gasteiger partial charge in [0.1, 0.15) is 11.6 Å². The van der Waals surface area contributed by atoms with Gasteiger partial charge in [0.05, 0.1) is 0 Å². The summed E-state index contributed by atoms with van der Waals surface area (Å²) in [7, 11) is 3.66. The molecule has 116 valence electrons. The summed E-state index contributed by atoms with van der Waals surface area (Å²) in [6.45, 7) is 8.12. The van der Waals surface area contributed by atoms with Crippen LogP contribution < -0.4 is 4.90 Å². The molecule has 0 atom stereocenters. The third kappa shape index (κ3) is 3.71. The molecule has 1 aromatic heterocycles. The second-order valence-electron chi connectivity index (χ2n) is 6.98. The molecule has 0 N–H and O–H groups in total. The summed E-state index contributed by atoms with van der Waals surface area (Å²) in [6, 6.07) is 1.96. The van der Waals surface area contributed by atoms with Crippen LogP contribution in [0.3, 0.4) is 0 Å². The van der Waals surface area contributed by atoms with Crippen LogP contribution >= 0.6 is 0 Å². The van der Waals surface area contributed by atoms with Crippen molar-refractivity contribution in [3.05, 3.63) is 18.1 Å². The number of aromatic nitrogens is 2. The summed E-state index contributed by atoms with van der Waals surface area (Å²) in [4.78, 5) is 25.0. The van der Waals surface area contributed by atoms with Gasteiger partial charge in [-0.05, 0) is 18.9 Å². The summed E-state index contributed by atoms with van der Waals surface area (Å²) < 4.78 is 0. The normalized spacial score (nSPS) is 16.9. The average Bonchev–Trinajstić information content (AvgIpc) is 2.46. The quantitative estimate of drug-likeness (QED) is 0.837. The van der Waals surface area contributed by atoms with E-state index < -0.39 is 0 Å². The molecule has 1 amide bonds. The number of hydrogen-bond acceptors (Lipinski definition) is 4. The topological polar surface area (TPSA) is 49.3 Å². The Morgan fingerprint density at radius 1 is 1.29 bits per heavy atom. The molecule has 5 nitrogen and oxygen atoms in total. The van der Waals surface area contributed by atoms with Crippen LogP contribution in [0.4, 0.5) is 5.82 Å². The zero-order valence-corrected chi connectivity index (χ0v) is 13.8. The van der Waals surface area contributed by atoms with Crippen molar-refractivity contribution < 1.29 is 4.79 Å². The van der Waals surface area contributed by atoms with Crippen molar-refractivity contribution >= 4 is 11.7 Å². The van der Waals surface area contributed by atoms with Gasteiger partial charge in [-0.25, -0.2) is 9.97 Å². The summed E-state index contributed by atoms with van der Waals surface area (Å²) in [5, 5.41) is 0. The van der Waals surface area contributed by atoms with E-state index in [0.29, 0.717) is 0 Å². The van der Waals surface area contributed by atoms with E-state index in [9.17, 15) is 4.79 Å². The molecule has 0 aliphatic carbocycles. The Labute approximate surface area is 127 Å². The van der Waals surface area contributed by atoms with Crippen LogP contribution in [0, 0.1) is 5.92 Å². The third-order valence-corrected chi connectivity index (χ3v) is 3.92. The average molecular weight is 290 g/mol. The maximum absolute atomic E-state index is 12.0. The smallest absolute Gasteiger partial charge is 0.225 e. The minimum absolute atomic E-state index is 0.0464. The predicted octanol–water partition coefficient (Wildman–Crippen LogP) is 2.08. The van der Waals surface area contributed by atoms with Gasteiger partial charge in [0.2, 0.25) is 5.91 Å². The first-order valence-corrected chi connectivity index (χ1v) is 7.58. The van der Waals surface area contributed by atoms with Crippen LogP contribution in [0.1, 0.15) is 39.4 Å². The number of nitrogens with zero attached hydrogens (tertiary/aromatic N) is 4. The van der Waals surface area contributed by atoms with E-state index in [4.69, 9.17) is 4.98 Å². The molecular weight excluding hydrogens is 264 g/mol. The standard InChI is InChI=1S/C16H26N4O/c1-16(2,3)15-17-9-6-13(18-15)20-10-7-12(8-11-20)14(21)19(4)5/h6,9,12H,7-8,10-11H2,1-5H3. The van der Waals surface area contributed by atoms with E-state index >= 15 is 0 Å². The highest BCUT2D eigenvalue weighted by molar-refractivity contribution is 5.78. The van der Waals surface area contributed by atoms with E-state index in [-0.39, 0.29) is 17.2 Å². The number of piperidine rings is 1.